The monoisotopic (exact) mass is 172 g/mol. The summed E-state index contributed by atoms with van der Waals surface area (Å²) in [5, 5.41) is 9.05. The molecule has 1 rings (SSSR count). The highest BCUT2D eigenvalue weighted by Crippen LogP contribution is 2.18. The Balaban J connectivity index is 2.41. The molecule has 1 aliphatic heterocycles. The molecule has 12 heavy (non-hydrogen) atoms. The van der Waals surface area contributed by atoms with Gasteiger partial charge < -0.3 is 10.8 Å². The number of nitrogens with zero attached hydrogens (tertiary/aromatic N) is 1. The number of hydrogen-bond acceptors (Lipinski definition) is 3. The third-order valence-electron chi connectivity index (χ3n) is 2.32. The molecule has 0 radical (unpaired) electrons. The summed E-state index contributed by atoms with van der Waals surface area (Å²) in [5.41, 5.74) is 5.77. The first kappa shape index (κ1) is 9.96. The fourth-order valence-electron chi connectivity index (χ4n) is 1.83. The lowest BCUT2D eigenvalue weighted by Gasteiger charge is -2.30. The molecule has 0 unspecified atom stereocenters. The molecule has 1 heterocycles. The average molecular weight is 172 g/mol. The largest absolute Gasteiger partial charge is 0.395 e. The fourth-order valence-corrected chi connectivity index (χ4v) is 1.83. The van der Waals surface area contributed by atoms with Crippen LogP contribution in [0.2, 0.25) is 0 Å². The van der Waals surface area contributed by atoms with Crippen molar-refractivity contribution in [2.45, 2.75) is 38.3 Å². The minimum Gasteiger partial charge on any atom is -0.395 e. The minimum atomic E-state index is -0.141. The first-order valence-corrected chi connectivity index (χ1v) is 4.67. The summed E-state index contributed by atoms with van der Waals surface area (Å²) in [5.74, 6) is 0. The standard InChI is InChI=1S/C9H20N2O/c1-9(2,10)7-11-5-3-4-8(11)6-12/h8,12H,3-7,10H2,1-2H3/t8-/m1/s1. The molecular formula is C9H20N2O. The van der Waals surface area contributed by atoms with Gasteiger partial charge in [0.05, 0.1) is 6.61 Å². The van der Waals surface area contributed by atoms with Crippen molar-refractivity contribution in [3.8, 4) is 0 Å². The highest BCUT2D eigenvalue weighted by atomic mass is 16.3. The van der Waals surface area contributed by atoms with E-state index in [-0.39, 0.29) is 12.1 Å². The Morgan fingerprint density at radius 3 is 2.75 bits per heavy atom. The molecule has 0 saturated carbocycles. The second kappa shape index (κ2) is 3.73. The molecule has 0 aromatic heterocycles. The van der Waals surface area contributed by atoms with Crippen LogP contribution in [-0.4, -0.2) is 41.3 Å². The number of nitrogens with two attached hydrogens (primary N) is 1. The van der Waals surface area contributed by atoms with E-state index in [0.29, 0.717) is 6.04 Å². The zero-order chi connectivity index (χ0) is 9.19. The van der Waals surface area contributed by atoms with E-state index in [1.807, 2.05) is 13.8 Å². The Labute approximate surface area is 74.5 Å². The first-order chi connectivity index (χ1) is 5.53. The number of rotatable bonds is 3. The highest BCUT2D eigenvalue weighted by molar-refractivity contribution is 4.85. The van der Waals surface area contributed by atoms with Gasteiger partial charge >= 0.3 is 0 Å². The van der Waals surface area contributed by atoms with Crippen LogP contribution in [0, 0.1) is 0 Å². The van der Waals surface area contributed by atoms with E-state index in [4.69, 9.17) is 10.8 Å². The van der Waals surface area contributed by atoms with E-state index in [1.54, 1.807) is 0 Å². The average Bonchev–Trinajstić information content (AvgIpc) is 2.31. The molecule has 0 amide bonds. The van der Waals surface area contributed by atoms with Crippen molar-refractivity contribution < 1.29 is 5.11 Å². The Morgan fingerprint density at radius 1 is 1.58 bits per heavy atom. The van der Waals surface area contributed by atoms with Crippen molar-refractivity contribution in [2.24, 2.45) is 5.73 Å². The van der Waals surface area contributed by atoms with E-state index in [1.165, 1.54) is 6.42 Å². The lowest BCUT2D eigenvalue weighted by atomic mass is 10.1. The molecule has 1 fully saturated rings. The maximum Gasteiger partial charge on any atom is 0.0586 e. The van der Waals surface area contributed by atoms with Gasteiger partial charge in [0, 0.05) is 18.1 Å². The Kier molecular flexibility index (Phi) is 3.09. The summed E-state index contributed by atoms with van der Waals surface area (Å²) >= 11 is 0. The van der Waals surface area contributed by atoms with Gasteiger partial charge in [-0.3, -0.25) is 4.90 Å². The summed E-state index contributed by atoms with van der Waals surface area (Å²) in [6.07, 6.45) is 2.31. The predicted molar refractivity (Wildman–Crippen MR) is 49.9 cm³/mol. The van der Waals surface area contributed by atoms with Crippen molar-refractivity contribution in [3.63, 3.8) is 0 Å². The zero-order valence-electron chi connectivity index (χ0n) is 8.08. The molecule has 1 aliphatic rings. The molecule has 3 N–H and O–H groups in total. The van der Waals surface area contributed by atoms with Gasteiger partial charge in [0.15, 0.2) is 0 Å². The Bertz CT molecular complexity index is 142. The fraction of sp³-hybridized carbons (Fsp3) is 1.00. The molecular weight excluding hydrogens is 152 g/mol. The molecule has 0 aliphatic carbocycles. The SMILES string of the molecule is CC(C)(N)CN1CCC[C@@H]1CO. The van der Waals surface area contributed by atoms with Gasteiger partial charge in [0.1, 0.15) is 0 Å². The van der Waals surface area contributed by atoms with Gasteiger partial charge in [-0.1, -0.05) is 0 Å². The van der Waals surface area contributed by atoms with Gasteiger partial charge in [0.25, 0.3) is 0 Å². The smallest absolute Gasteiger partial charge is 0.0586 e. The topological polar surface area (TPSA) is 49.5 Å². The van der Waals surface area contributed by atoms with Crippen molar-refractivity contribution in [1.29, 1.82) is 0 Å². The third kappa shape index (κ3) is 2.73. The third-order valence-corrected chi connectivity index (χ3v) is 2.32. The summed E-state index contributed by atoms with van der Waals surface area (Å²) in [6.45, 7) is 6.31. The Morgan fingerprint density at radius 2 is 2.25 bits per heavy atom. The predicted octanol–water partition coefficient (Wildman–Crippen LogP) is 0.180. The molecule has 3 nitrogen and oxygen atoms in total. The van der Waals surface area contributed by atoms with E-state index < -0.39 is 0 Å². The Hall–Kier alpha value is -0.120. The van der Waals surface area contributed by atoms with Crippen LogP contribution in [0.1, 0.15) is 26.7 Å². The van der Waals surface area contributed by atoms with Crippen LogP contribution in [0.25, 0.3) is 0 Å². The van der Waals surface area contributed by atoms with E-state index in [0.717, 1.165) is 19.5 Å². The first-order valence-electron chi connectivity index (χ1n) is 4.67. The lowest BCUT2D eigenvalue weighted by molar-refractivity contribution is 0.140. The summed E-state index contributed by atoms with van der Waals surface area (Å²) in [7, 11) is 0. The number of hydrogen-bond donors (Lipinski definition) is 2. The molecule has 72 valence electrons. The maximum absolute atomic E-state index is 9.05. The van der Waals surface area contributed by atoms with Crippen LogP contribution in [0.4, 0.5) is 0 Å². The second-order valence-corrected chi connectivity index (χ2v) is 4.44. The van der Waals surface area contributed by atoms with Crippen molar-refractivity contribution >= 4 is 0 Å². The summed E-state index contributed by atoms with van der Waals surface area (Å²) in [6, 6.07) is 0.354. The number of likely N-dealkylation sites (tertiary alicyclic amines) is 1. The van der Waals surface area contributed by atoms with Crippen molar-refractivity contribution in [1.82, 2.24) is 4.90 Å². The molecule has 0 aromatic carbocycles. The lowest BCUT2D eigenvalue weighted by Crippen LogP contribution is -2.47. The van der Waals surface area contributed by atoms with Gasteiger partial charge in [-0.25, -0.2) is 0 Å². The molecule has 3 heteroatoms. The van der Waals surface area contributed by atoms with Crippen LogP contribution in [0.15, 0.2) is 0 Å². The van der Waals surface area contributed by atoms with Gasteiger partial charge in [0.2, 0.25) is 0 Å². The molecule has 0 aromatic rings. The van der Waals surface area contributed by atoms with Gasteiger partial charge in [-0.15, -0.1) is 0 Å². The second-order valence-electron chi connectivity index (χ2n) is 4.44. The molecule has 0 spiro atoms. The van der Waals surface area contributed by atoms with Crippen molar-refractivity contribution in [2.75, 3.05) is 19.7 Å². The van der Waals surface area contributed by atoms with Crippen LogP contribution in [0.5, 0.6) is 0 Å². The van der Waals surface area contributed by atoms with Crippen LogP contribution >= 0.6 is 0 Å². The molecule has 0 bridgehead atoms. The number of aliphatic hydroxyl groups excluding tert-OH is 1. The normalized spacial score (nSPS) is 26.5. The highest BCUT2D eigenvalue weighted by Gasteiger charge is 2.27. The van der Waals surface area contributed by atoms with Gasteiger partial charge in [-0.05, 0) is 33.2 Å². The molecule has 1 atom stereocenters. The number of aliphatic hydroxyl groups is 1. The summed E-state index contributed by atoms with van der Waals surface area (Å²) < 4.78 is 0. The van der Waals surface area contributed by atoms with E-state index in [2.05, 4.69) is 4.90 Å². The van der Waals surface area contributed by atoms with E-state index >= 15 is 0 Å². The zero-order valence-corrected chi connectivity index (χ0v) is 8.08. The van der Waals surface area contributed by atoms with Gasteiger partial charge in [-0.2, -0.15) is 0 Å². The maximum atomic E-state index is 9.05. The van der Waals surface area contributed by atoms with Crippen molar-refractivity contribution in [3.05, 3.63) is 0 Å². The van der Waals surface area contributed by atoms with Crippen LogP contribution in [-0.2, 0) is 0 Å². The summed E-state index contributed by atoms with van der Waals surface area (Å²) in [4.78, 5) is 2.29. The molecule has 1 saturated heterocycles. The van der Waals surface area contributed by atoms with Crippen LogP contribution in [0.3, 0.4) is 0 Å². The quantitative estimate of drug-likeness (QED) is 0.638. The van der Waals surface area contributed by atoms with Crippen LogP contribution < -0.4 is 5.73 Å². The minimum absolute atomic E-state index is 0.141. The van der Waals surface area contributed by atoms with E-state index in [9.17, 15) is 0 Å².